The zero-order valence-electron chi connectivity index (χ0n) is 12.1. The van der Waals surface area contributed by atoms with Crippen molar-refractivity contribution < 1.29 is 5.11 Å². The largest absolute Gasteiger partial charge is 0.507 e. The van der Waals surface area contributed by atoms with Crippen LogP contribution in [0.5, 0.6) is 5.75 Å². The van der Waals surface area contributed by atoms with E-state index in [2.05, 4.69) is 41.7 Å². The number of aryl methyl sites for hydroxylation is 2. The molecule has 20 heavy (non-hydrogen) atoms. The average Bonchev–Trinajstić information content (AvgIpc) is 2.85. The highest BCUT2D eigenvalue weighted by Crippen LogP contribution is 2.24. The monoisotopic (exact) mass is 267 g/mol. The lowest BCUT2D eigenvalue weighted by Crippen LogP contribution is -2.29. The van der Waals surface area contributed by atoms with Crippen molar-refractivity contribution in [2.75, 3.05) is 0 Å². The highest BCUT2D eigenvalue weighted by Gasteiger charge is 2.20. The van der Waals surface area contributed by atoms with Crippen LogP contribution < -0.4 is 5.32 Å². The van der Waals surface area contributed by atoms with Gasteiger partial charge in [0.15, 0.2) is 0 Å². The predicted octanol–water partition coefficient (Wildman–Crippen LogP) is 3.27. The molecular weight excluding hydrogens is 246 g/mol. The standard InChI is InChI=1S/C18H21NO/c1-12-7-14(8-13(2)18(12)20)11-19-17-9-15-5-3-4-6-16(15)10-17/h3-8,17,19-20H,9-11H2,1-2H3. The molecule has 0 bridgehead atoms. The molecule has 0 saturated carbocycles. The summed E-state index contributed by atoms with van der Waals surface area (Å²) in [7, 11) is 0. The van der Waals surface area contributed by atoms with Gasteiger partial charge in [-0.2, -0.15) is 0 Å². The van der Waals surface area contributed by atoms with Gasteiger partial charge >= 0.3 is 0 Å². The molecule has 2 heteroatoms. The lowest BCUT2D eigenvalue weighted by atomic mass is 10.1. The summed E-state index contributed by atoms with van der Waals surface area (Å²) >= 11 is 0. The van der Waals surface area contributed by atoms with Gasteiger partial charge < -0.3 is 10.4 Å². The molecule has 0 unspecified atom stereocenters. The Balaban J connectivity index is 1.64. The van der Waals surface area contributed by atoms with E-state index in [4.69, 9.17) is 0 Å². The van der Waals surface area contributed by atoms with Crippen molar-refractivity contribution in [3.8, 4) is 5.75 Å². The summed E-state index contributed by atoms with van der Waals surface area (Å²) in [5, 5.41) is 13.4. The minimum atomic E-state index is 0.419. The molecule has 0 atom stereocenters. The van der Waals surface area contributed by atoms with E-state index < -0.39 is 0 Å². The maximum atomic E-state index is 9.81. The van der Waals surface area contributed by atoms with Gasteiger partial charge in [0.2, 0.25) is 0 Å². The van der Waals surface area contributed by atoms with Gasteiger partial charge in [-0.25, -0.2) is 0 Å². The third-order valence-electron chi connectivity index (χ3n) is 4.20. The topological polar surface area (TPSA) is 32.3 Å². The van der Waals surface area contributed by atoms with E-state index in [1.165, 1.54) is 16.7 Å². The second-order valence-electron chi connectivity index (χ2n) is 5.83. The second-order valence-corrected chi connectivity index (χ2v) is 5.83. The molecule has 2 aromatic carbocycles. The third kappa shape index (κ3) is 2.56. The second kappa shape index (κ2) is 5.29. The number of rotatable bonds is 3. The van der Waals surface area contributed by atoms with Crippen LogP contribution in [0.15, 0.2) is 36.4 Å². The fourth-order valence-electron chi connectivity index (χ4n) is 3.11. The quantitative estimate of drug-likeness (QED) is 0.894. The van der Waals surface area contributed by atoms with E-state index in [1.54, 1.807) is 0 Å². The minimum Gasteiger partial charge on any atom is -0.507 e. The summed E-state index contributed by atoms with van der Waals surface area (Å²) in [6.45, 7) is 4.77. The molecule has 0 heterocycles. The molecule has 0 aromatic heterocycles. The zero-order chi connectivity index (χ0) is 14.1. The number of phenolic OH excluding ortho intramolecular Hbond substituents is 1. The van der Waals surface area contributed by atoms with Gasteiger partial charge in [-0.3, -0.25) is 0 Å². The molecule has 0 saturated heterocycles. The fourth-order valence-corrected chi connectivity index (χ4v) is 3.11. The first kappa shape index (κ1) is 13.2. The highest BCUT2D eigenvalue weighted by atomic mass is 16.3. The average molecular weight is 267 g/mol. The molecule has 0 aliphatic heterocycles. The van der Waals surface area contributed by atoms with Crippen molar-refractivity contribution in [3.05, 3.63) is 64.2 Å². The highest BCUT2D eigenvalue weighted by molar-refractivity contribution is 5.42. The lowest BCUT2D eigenvalue weighted by Gasteiger charge is -2.13. The van der Waals surface area contributed by atoms with Crippen LogP contribution in [0.3, 0.4) is 0 Å². The Kier molecular flexibility index (Phi) is 3.49. The van der Waals surface area contributed by atoms with Crippen molar-refractivity contribution in [2.24, 2.45) is 0 Å². The van der Waals surface area contributed by atoms with Crippen LogP contribution >= 0.6 is 0 Å². The van der Waals surface area contributed by atoms with Crippen LogP contribution in [0.1, 0.15) is 27.8 Å². The molecule has 1 aliphatic carbocycles. The maximum absolute atomic E-state index is 9.81. The first-order valence-electron chi connectivity index (χ1n) is 7.23. The zero-order valence-corrected chi connectivity index (χ0v) is 12.1. The number of aromatic hydroxyl groups is 1. The predicted molar refractivity (Wildman–Crippen MR) is 82.1 cm³/mol. The van der Waals surface area contributed by atoms with E-state index in [0.29, 0.717) is 11.8 Å². The van der Waals surface area contributed by atoms with Crippen LogP contribution in [0.4, 0.5) is 0 Å². The molecule has 1 aliphatic rings. The van der Waals surface area contributed by atoms with Crippen LogP contribution in [0.2, 0.25) is 0 Å². The van der Waals surface area contributed by atoms with Crippen molar-refractivity contribution in [2.45, 2.75) is 39.3 Å². The Bertz CT molecular complexity index is 585. The van der Waals surface area contributed by atoms with Crippen LogP contribution in [0, 0.1) is 13.8 Å². The first-order chi connectivity index (χ1) is 9.63. The molecule has 3 rings (SSSR count). The Morgan fingerprint density at radius 1 is 1.05 bits per heavy atom. The summed E-state index contributed by atoms with van der Waals surface area (Å²) in [5.41, 5.74) is 6.10. The van der Waals surface area contributed by atoms with Crippen molar-refractivity contribution in [3.63, 3.8) is 0 Å². The van der Waals surface area contributed by atoms with Crippen LogP contribution in [0.25, 0.3) is 0 Å². The van der Waals surface area contributed by atoms with Gasteiger partial charge in [-0.1, -0.05) is 36.4 Å². The van der Waals surface area contributed by atoms with Gasteiger partial charge in [0.05, 0.1) is 0 Å². The number of benzene rings is 2. The Morgan fingerprint density at radius 3 is 2.15 bits per heavy atom. The Morgan fingerprint density at radius 2 is 1.60 bits per heavy atom. The smallest absolute Gasteiger partial charge is 0.121 e. The van der Waals surface area contributed by atoms with Crippen molar-refractivity contribution in [1.29, 1.82) is 0 Å². The number of nitrogens with one attached hydrogen (secondary N) is 1. The summed E-state index contributed by atoms with van der Waals surface area (Å²) in [5.74, 6) is 0.419. The number of hydrogen-bond acceptors (Lipinski definition) is 2. The number of hydrogen-bond donors (Lipinski definition) is 2. The molecule has 104 valence electrons. The Hall–Kier alpha value is -1.80. The lowest BCUT2D eigenvalue weighted by molar-refractivity contribution is 0.466. The SMILES string of the molecule is Cc1cc(CNC2Cc3ccccc3C2)cc(C)c1O. The molecule has 2 N–H and O–H groups in total. The summed E-state index contributed by atoms with van der Waals surface area (Å²) in [4.78, 5) is 0. The molecule has 0 fully saturated rings. The van der Waals surface area contributed by atoms with Gasteiger partial charge in [-0.05, 0) is 54.5 Å². The van der Waals surface area contributed by atoms with E-state index in [0.717, 1.165) is 30.5 Å². The normalized spacial score (nSPS) is 14.5. The summed E-state index contributed by atoms with van der Waals surface area (Å²) in [6.07, 6.45) is 2.23. The summed E-state index contributed by atoms with van der Waals surface area (Å²) in [6, 6.07) is 13.4. The molecule has 2 nitrogen and oxygen atoms in total. The maximum Gasteiger partial charge on any atom is 0.121 e. The van der Waals surface area contributed by atoms with E-state index in [1.807, 2.05) is 13.8 Å². The van der Waals surface area contributed by atoms with Crippen LogP contribution in [-0.2, 0) is 19.4 Å². The minimum absolute atomic E-state index is 0.419. The van der Waals surface area contributed by atoms with E-state index in [-0.39, 0.29) is 0 Å². The molecule has 0 amide bonds. The molecule has 2 aromatic rings. The van der Waals surface area contributed by atoms with Crippen molar-refractivity contribution >= 4 is 0 Å². The van der Waals surface area contributed by atoms with Gasteiger partial charge in [0.1, 0.15) is 5.75 Å². The van der Waals surface area contributed by atoms with Gasteiger partial charge in [0.25, 0.3) is 0 Å². The molecule has 0 spiro atoms. The molecular formula is C18H21NO. The summed E-state index contributed by atoms with van der Waals surface area (Å²) < 4.78 is 0. The third-order valence-corrected chi connectivity index (χ3v) is 4.20. The van der Waals surface area contributed by atoms with E-state index in [9.17, 15) is 5.11 Å². The number of fused-ring (bicyclic) bond motifs is 1. The Labute approximate surface area is 120 Å². The fraction of sp³-hybridized carbons (Fsp3) is 0.333. The molecule has 0 radical (unpaired) electrons. The van der Waals surface area contributed by atoms with Crippen molar-refractivity contribution in [1.82, 2.24) is 5.32 Å². The number of phenols is 1. The van der Waals surface area contributed by atoms with E-state index >= 15 is 0 Å². The van der Waals surface area contributed by atoms with Gasteiger partial charge in [-0.15, -0.1) is 0 Å². The van der Waals surface area contributed by atoms with Crippen LogP contribution in [-0.4, -0.2) is 11.1 Å². The first-order valence-corrected chi connectivity index (χ1v) is 7.23. The van der Waals surface area contributed by atoms with Gasteiger partial charge in [0, 0.05) is 12.6 Å².